The number of alkyl halides is 3. The van der Waals surface area contributed by atoms with Gasteiger partial charge in [-0.25, -0.2) is 4.98 Å². The predicted molar refractivity (Wildman–Crippen MR) is 115 cm³/mol. The highest BCUT2D eigenvalue weighted by molar-refractivity contribution is 5.86. The van der Waals surface area contributed by atoms with Crippen LogP contribution in [0.15, 0.2) is 30.3 Å². The second kappa shape index (κ2) is 10.0. The maximum absolute atomic E-state index is 13.0. The number of nitrogens with zero attached hydrogens (tertiary/aromatic N) is 3. The van der Waals surface area contributed by atoms with Gasteiger partial charge in [0.2, 0.25) is 5.95 Å². The largest absolute Gasteiger partial charge is 0.416 e. The van der Waals surface area contributed by atoms with Crippen LogP contribution >= 0.6 is 37.2 Å². The molecule has 162 valence electrons. The summed E-state index contributed by atoms with van der Waals surface area (Å²) in [6, 6.07) is 7.28. The van der Waals surface area contributed by atoms with Gasteiger partial charge < -0.3 is 16.0 Å². The quantitative estimate of drug-likeness (QED) is 0.686. The average molecular weight is 473 g/mol. The third-order valence-corrected chi connectivity index (χ3v) is 5.14. The standard InChI is InChI=1S/C18H20F3N5.3ClH/c19-18(20,21)13-5-1-3-11(7-13)14-8-16(25-17(22)24-14)26-9-12-4-2-6-23-15(12)10-26;;;/h1,3,5,7-8,12,15,23H,2,4,6,9-10H2,(H2,22,24,25);3*1H/t12-,15+;;;/m1.../s1. The van der Waals surface area contributed by atoms with E-state index in [1.54, 1.807) is 12.1 Å². The Morgan fingerprint density at radius 3 is 2.52 bits per heavy atom. The lowest BCUT2D eigenvalue weighted by Crippen LogP contribution is -2.40. The zero-order valence-electron chi connectivity index (χ0n) is 15.4. The summed E-state index contributed by atoms with van der Waals surface area (Å²) in [7, 11) is 0. The second-order valence-electron chi connectivity index (χ2n) is 6.92. The Morgan fingerprint density at radius 1 is 1.07 bits per heavy atom. The molecule has 1 aromatic heterocycles. The van der Waals surface area contributed by atoms with Gasteiger partial charge in [-0.05, 0) is 37.4 Å². The Balaban J connectivity index is 0.00000140. The van der Waals surface area contributed by atoms with Gasteiger partial charge in [0.1, 0.15) is 5.82 Å². The number of hydrogen-bond donors (Lipinski definition) is 2. The van der Waals surface area contributed by atoms with E-state index in [-0.39, 0.29) is 43.2 Å². The lowest BCUT2D eigenvalue weighted by Gasteiger charge is -2.24. The molecule has 2 aliphatic rings. The molecule has 0 aliphatic carbocycles. The first-order valence-electron chi connectivity index (χ1n) is 8.71. The summed E-state index contributed by atoms with van der Waals surface area (Å²) in [5.74, 6) is 1.30. The molecule has 4 rings (SSSR count). The van der Waals surface area contributed by atoms with Crippen LogP contribution in [0.1, 0.15) is 18.4 Å². The zero-order valence-corrected chi connectivity index (χ0v) is 17.8. The SMILES string of the molecule is Cl.Cl.Cl.Nc1nc(-c2cccc(C(F)(F)F)c2)cc(N2C[C@H]3CCCN[C@H]3C2)n1. The summed E-state index contributed by atoms with van der Waals surface area (Å²) in [5, 5.41) is 3.52. The van der Waals surface area contributed by atoms with Gasteiger partial charge in [-0.1, -0.05) is 12.1 Å². The van der Waals surface area contributed by atoms with Crippen molar-refractivity contribution in [2.45, 2.75) is 25.1 Å². The van der Waals surface area contributed by atoms with Crippen molar-refractivity contribution in [1.29, 1.82) is 0 Å². The van der Waals surface area contributed by atoms with Crippen molar-refractivity contribution in [3.63, 3.8) is 0 Å². The fraction of sp³-hybridized carbons (Fsp3) is 0.444. The highest BCUT2D eigenvalue weighted by Gasteiger charge is 2.35. The highest BCUT2D eigenvalue weighted by atomic mass is 35.5. The summed E-state index contributed by atoms with van der Waals surface area (Å²) >= 11 is 0. The smallest absolute Gasteiger partial charge is 0.368 e. The normalized spacial score (nSPS) is 20.7. The first-order chi connectivity index (χ1) is 12.4. The van der Waals surface area contributed by atoms with E-state index in [2.05, 4.69) is 20.2 Å². The minimum absolute atomic E-state index is 0. The third kappa shape index (κ3) is 5.57. The van der Waals surface area contributed by atoms with Crippen molar-refractivity contribution in [3.05, 3.63) is 35.9 Å². The van der Waals surface area contributed by atoms with Crippen LogP contribution in [0.25, 0.3) is 11.3 Å². The monoisotopic (exact) mass is 471 g/mol. The fourth-order valence-corrected chi connectivity index (χ4v) is 3.85. The van der Waals surface area contributed by atoms with Crippen LogP contribution in [-0.4, -0.2) is 35.6 Å². The van der Waals surface area contributed by atoms with E-state index in [9.17, 15) is 13.2 Å². The number of nitrogens with two attached hydrogens (primary N) is 1. The number of benzene rings is 1. The number of nitrogen functional groups attached to an aromatic ring is 1. The first kappa shape index (κ1) is 25.6. The molecular formula is C18H23Cl3F3N5. The molecule has 29 heavy (non-hydrogen) atoms. The van der Waals surface area contributed by atoms with Gasteiger partial charge in [0.05, 0.1) is 11.3 Å². The Kier molecular flexibility index (Phi) is 8.83. The van der Waals surface area contributed by atoms with Gasteiger partial charge in [-0.3, -0.25) is 0 Å². The molecule has 2 fully saturated rings. The Morgan fingerprint density at radius 2 is 1.83 bits per heavy atom. The Hall–Kier alpha value is -1.48. The number of hydrogen-bond acceptors (Lipinski definition) is 5. The lowest BCUT2D eigenvalue weighted by atomic mass is 9.94. The molecular weight excluding hydrogens is 450 g/mol. The van der Waals surface area contributed by atoms with E-state index < -0.39 is 11.7 Å². The number of piperidine rings is 1. The van der Waals surface area contributed by atoms with Gasteiger partial charge in [0, 0.05) is 30.8 Å². The fourth-order valence-electron chi connectivity index (χ4n) is 3.85. The van der Waals surface area contributed by atoms with Crippen molar-refractivity contribution >= 4 is 49.0 Å². The molecule has 0 radical (unpaired) electrons. The van der Waals surface area contributed by atoms with Gasteiger partial charge in [-0.15, -0.1) is 37.2 Å². The molecule has 0 bridgehead atoms. The topological polar surface area (TPSA) is 67.1 Å². The zero-order chi connectivity index (χ0) is 18.3. The molecule has 2 atom stereocenters. The molecule has 0 saturated carbocycles. The van der Waals surface area contributed by atoms with Crippen molar-refractivity contribution in [2.75, 3.05) is 30.3 Å². The number of anilines is 2. The van der Waals surface area contributed by atoms with Crippen LogP contribution in [0, 0.1) is 5.92 Å². The van der Waals surface area contributed by atoms with Crippen molar-refractivity contribution in [3.8, 4) is 11.3 Å². The van der Waals surface area contributed by atoms with Crippen LogP contribution in [0.5, 0.6) is 0 Å². The van der Waals surface area contributed by atoms with E-state index >= 15 is 0 Å². The minimum atomic E-state index is -4.40. The van der Waals surface area contributed by atoms with Crippen molar-refractivity contribution < 1.29 is 13.2 Å². The molecule has 2 aromatic rings. The molecule has 2 aliphatic heterocycles. The maximum Gasteiger partial charge on any atom is 0.416 e. The van der Waals surface area contributed by atoms with Crippen molar-refractivity contribution in [2.24, 2.45) is 5.92 Å². The number of rotatable bonds is 2. The van der Waals surface area contributed by atoms with Gasteiger partial charge in [0.15, 0.2) is 0 Å². The summed E-state index contributed by atoms with van der Waals surface area (Å²) in [6.07, 6.45) is -2.06. The summed E-state index contributed by atoms with van der Waals surface area (Å²) in [6.45, 7) is 2.72. The van der Waals surface area contributed by atoms with E-state index in [1.165, 1.54) is 12.5 Å². The number of nitrogens with one attached hydrogen (secondary N) is 1. The highest BCUT2D eigenvalue weighted by Crippen LogP contribution is 2.33. The Labute approximate surface area is 185 Å². The first-order valence-corrected chi connectivity index (χ1v) is 8.71. The van der Waals surface area contributed by atoms with Crippen LogP contribution in [0.3, 0.4) is 0 Å². The lowest BCUT2D eigenvalue weighted by molar-refractivity contribution is -0.137. The molecule has 1 aromatic carbocycles. The van der Waals surface area contributed by atoms with Crippen LogP contribution in [-0.2, 0) is 6.18 Å². The van der Waals surface area contributed by atoms with Crippen LogP contribution < -0.4 is 16.0 Å². The van der Waals surface area contributed by atoms with E-state index in [0.29, 0.717) is 29.0 Å². The molecule has 5 nitrogen and oxygen atoms in total. The number of halogens is 6. The number of aromatic nitrogens is 2. The second-order valence-corrected chi connectivity index (χ2v) is 6.92. The Bertz CT molecular complexity index is 808. The molecule has 0 amide bonds. The van der Waals surface area contributed by atoms with E-state index in [0.717, 1.165) is 38.2 Å². The minimum Gasteiger partial charge on any atom is -0.368 e. The van der Waals surface area contributed by atoms with Crippen LogP contribution in [0.4, 0.5) is 24.9 Å². The third-order valence-electron chi connectivity index (χ3n) is 5.14. The molecule has 3 heterocycles. The molecule has 0 unspecified atom stereocenters. The van der Waals surface area contributed by atoms with E-state index in [4.69, 9.17) is 5.73 Å². The predicted octanol–water partition coefficient (Wildman–Crippen LogP) is 4.20. The molecule has 11 heteroatoms. The average Bonchev–Trinajstić information content (AvgIpc) is 3.05. The molecule has 3 N–H and O–H groups in total. The summed E-state index contributed by atoms with van der Waals surface area (Å²) < 4.78 is 39.0. The van der Waals surface area contributed by atoms with Crippen LogP contribution in [0.2, 0.25) is 0 Å². The number of fused-ring (bicyclic) bond motifs is 1. The van der Waals surface area contributed by atoms with Gasteiger partial charge in [0.25, 0.3) is 0 Å². The van der Waals surface area contributed by atoms with E-state index in [1.807, 2.05) is 0 Å². The summed E-state index contributed by atoms with van der Waals surface area (Å²) in [5.41, 5.74) is 5.93. The molecule has 2 saturated heterocycles. The van der Waals surface area contributed by atoms with Gasteiger partial charge >= 0.3 is 6.18 Å². The summed E-state index contributed by atoms with van der Waals surface area (Å²) in [4.78, 5) is 10.6. The van der Waals surface area contributed by atoms with Gasteiger partial charge in [-0.2, -0.15) is 18.2 Å². The van der Waals surface area contributed by atoms with Crippen molar-refractivity contribution in [1.82, 2.24) is 15.3 Å². The molecule has 0 spiro atoms. The maximum atomic E-state index is 13.0.